The van der Waals surface area contributed by atoms with Crippen LogP contribution in [0.4, 0.5) is 0 Å². The van der Waals surface area contributed by atoms with Gasteiger partial charge in [-0.15, -0.1) is 0 Å². The van der Waals surface area contributed by atoms with Crippen LogP contribution in [0.15, 0.2) is 33.4 Å². The lowest BCUT2D eigenvalue weighted by atomic mass is 9.91. The number of ketones is 1. The van der Waals surface area contributed by atoms with E-state index >= 15 is 0 Å². The van der Waals surface area contributed by atoms with Crippen LogP contribution in [0.2, 0.25) is 0 Å². The average Bonchev–Trinajstić information content (AvgIpc) is 2.54. The first-order chi connectivity index (χ1) is 11.1. The first kappa shape index (κ1) is 17.7. The minimum absolute atomic E-state index is 0.0787. The van der Waals surface area contributed by atoms with Crippen molar-refractivity contribution in [3.63, 3.8) is 0 Å². The van der Waals surface area contributed by atoms with Gasteiger partial charge in [-0.2, -0.15) is 0 Å². The van der Waals surface area contributed by atoms with Crippen LogP contribution < -0.4 is 5.32 Å². The van der Waals surface area contributed by atoms with Gasteiger partial charge in [-0.25, -0.2) is 0 Å². The second kappa shape index (κ2) is 8.29. The number of hydrogen-bond acceptors (Lipinski definition) is 4. The molecule has 0 amide bonds. The number of carbonyl (C=O) groups excluding carboxylic acids is 1. The van der Waals surface area contributed by atoms with Gasteiger partial charge >= 0.3 is 0 Å². The highest BCUT2D eigenvalue weighted by Crippen LogP contribution is 2.34. The van der Waals surface area contributed by atoms with E-state index in [4.69, 9.17) is 0 Å². The number of aromatic hydroxyl groups is 1. The molecule has 0 bridgehead atoms. The maximum Gasteiger partial charge on any atom is 0.209 e. The molecular weight excluding hydrogens is 356 g/mol. The van der Waals surface area contributed by atoms with Crippen molar-refractivity contribution in [3.8, 4) is 5.75 Å². The standard InChI is InChI=1S/C18H23BrN2O2/c1-3-5-9-20-14-11-15(21-10-6-4-2)17(22)12-7-8-13(19)18(23)16(12)14/h7-8,11,21,23H,3-6,9-10H2,1-2H3. The number of aliphatic imine (C=N–C) groups is 1. The van der Waals surface area contributed by atoms with Crippen molar-refractivity contribution in [2.45, 2.75) is 39.5 Å². The second-order valence-corrected chi connectivity index (χ2v) is 6.46. The molecule has 0 spiro atoms. The van der Waals surface area contributed by atoms with Crippen molar-refractivity contribution in [3.05, 3.63) is 39.5 Å². The molecule has 23 heavy (non-hydrogen) atoms. The summed E-state index contributed by atoms with van der Waals surface area (Å²) in [6.07, 6.45) is 5.87. The number of carbonyl (C=O) groups is 1. The fraction of sp³-hybridized carbons (Fsp3) is 0.444. The quantitative estimate of drug-likeness (QED) is 0.698. The third-order valence-electron chi connectivity index (χ3n) is 3.79. The van der Waals surface area contributed by atoms with Crippen LogP contribution in [-0.2, 0) is 0 Å². The van der Waals surface area contributed by atoms with E-state index in [9.17, 15) is 9.90 Å². The number of phenolic OH excluding ortho intramolecular Hbond substituents is 1. The number of nitrogens with one attached hydrogen (secondary N) is 1. The zero-order valence-electron chi connectivity index (χ0n) is 13.7. The topological polar surface area (TPSA) is 61.7 Å². The van der Waals surface area contributed by atoms with E-state index < -0.39 is 0 Å². The van der Waals surface area contributed by atoms with E-state index in [2.05, 4.69) is 40.1 Å². The van der Waals surface area contributed by atoms with E-state index in [1.165, 1.54) is 0 Å². The van der Waals surface area contributed by atoms with Crippen molar-refractivity contribution < 1.29 is 9.90 Å². The summed E-state index contributed by atoms with van der Waals surface area (Å²) < 4.78 is 0.572. The van der Waals surface area contributed by atoms with E-state index in [1.54, 1.807) is 18.2 Å². The monoisotopic (exact) mass is 378 g/mol. The number of rotatable bonds is 7. The lowest BCUT2D eigenvalue weighted by Gasteiger charge is -2.20. The Bertz CT molecular complexity index is 651. The minimum atomic E-state index is -0.0895. The Morgan fingerprint density at radius 3 is 2.65 bits per heavy atom. The number of phenols is 1. The lowest BCUT2D eigenvalue weighted by molar-refractivity contribution is 0.102. The van der Waals surface area contributed by atoms with Gasteiger partial charge in [-0.1, -0.05) is 26.7 Å². The number of hydrogen-bond donors (Lipinski definition) is 2. The third kappa shape index (κ3) is 4.02. The van der Waals surface area contributed by atoms with Gasteiger partial charge in [0.05, 0.1) is 21.4 Å². The van der Waals surface area contributed by atoms with Crippen LogP contribution >= 0.6 is 15.9 Å². The van der Waals surface area contributed by atoms with Crippen molar-refractivity contribution >= 4 is 27.4 Å². The second-order valence-electron chi connectivity index (χ2n) is 5.61. The number of benzene rings is 1. The molecule has 0 atom stereocenters. The summed E-state index contributed by atoms with van der Waals surface area (Å²) in [6, 6.07) is 3.44. The molecule has 0 fully saturated rings. The normalized spacial score (nSPS) is 15.5. The van der Waals surface area contributed by atoms with Crippen molar-refractivity contribution in [1.82, 2.24) is 5.32 Å². The maximum absolute atomic E-state index is 12.6. The molecule has 0 aliphatic heterocycles. The molecule has 1 aromatic rings. The summed E-state index contributed by atoms with van der Waals surface area (Å²) in [7, 11) is 0. The minimum Gasteiger partial charge on any atom is -0.506 e. The smallest absolute Gasteiger partial charge is 0.209 e. The van der Waals surface area contributed by atoms with E-state index in [0.717, 1.165) is 32.2 Å². The lowest BCUT2D eigenvalue weighted by Crippen LogP contribution is -2.28. The van der Waals surface area contributed by atoms with Crippen LogP contribution in [0.3, 0.4) is 0 Å². The zero-order chi connectivity index (χ0) is 16.8. The fourth-order valence-corrected chi connectivity index (χ4v) is 2.78. The van der Waals surface area contributed by atoms with Crippen LogP contribution in [0.5, 0.6) is 5.75 Å². The summed E-state index contributed by atoms with van der Waals surface area (Å²) in [5, 5.41) is 13.6. The molecule has 0 saturated heterocycles. The van der Waals surface area contributed by atoms with Crippen molar-refractivity contribution in [2.75, 3.05) is 13.1 Å². The summed E-state index contributed by atoms with van der Waals surface area (Å²) in [4.78, 5) is 17.2. The van der Waals surface area contributed by atoms with Crippen LogP contribution in [-0.4, -0.2) is 29.7 Å². The van der Waals surface area contributed by atoms with Gasteiger partial charge in [0.2, 0.25) is 5.78 Å². The summed E-state index contributed by atoms with van der Waals surface area (Å²) >= 11 is 3.32. The first-order valence-electron chi connectivity index (χ1n) is 8.16. The number of nitrogens with zero attached hydrogens (tertiary/aromatic N) is 1. The number of unbranched alkanes of at least 4 members (excludes halogenated alkanes) is 2. The van der Waals surface area contributed by atoms with Gasteiger partial charge in [-0.05, 0) is 47.0 Å². The molecule has 0 radical (unpaired) electrons. The molecule has 0 aromatic heterocycles. The number of fused-ring (bicyclic) bond motifs is 1. The molecule has 4 nitrogen and oxygen atoms in total. The Balaban J connectivity index is 2.41. The molecule has 124 valence electrons. The molecule has 1 aromatic carbocycles. The van der Waals surface area contributed by atoms with Gasteiger partial charge in [-0.3, -0.25) is 9.79 Å². The molecule has 1 aliphatic rings. The van der Waals surface area contributed by atoms with Crippen molar-refractivity contribution in [2.24, 2.45) is 4.99 Å². The van der Waals surface area contributed by atoms with E-state index in [-0.39, 0.29) is 11.5 Å². The molecule has 2 rings (SSSR count). The molecule has 0 unspecified atom stereocenters. The van der Waals surface area contributed by atoms with Gasteiger partial charge in [0.25, 0.3) is 0 Å². The fourth-order valence-electron chi connectivity index (χ4n) is 2.45. The summed E-state index contributed by atoms with van der Waals surface area (Å²) in [5.74, 6) is -0.0108. The first-order valence-corrected chi connectivity index (χ1v) is 8.96. The van der Waals surface area contributed by atoms with Gasteiger partial charge in [0.1, 0.15) is 5.75 Å². The molecule has 5 heteroatoms. The van der Waals surface area contributed by atoms with Gasteiger partial charge in [0.15, 0.2) is 0 Å². The number of halogens is 1. The Labute approximate surface area is 145 Å². The summed E-state index contributed by atoms with van der Waals surface area (Å²) in [5.41, 5.74) is 2.26. The molecule has 1 aliphatic carbocycles. The largest absolute Gasteiger partial charge is 0.506 e. The predicted octanol–water partition coefficient (Wildman–Crippen LogP) is 4.21. The molecular formula is C18H23BrN2O2. The third-order valence-corrected chi connectivity index (χ3v) is 4.43. The molecule has 2 N–H and O–H groups in total. The van der Waals surface area contributed by atoms with E-state index in [1.807, 2.05) is 0 Å². The van der Waals surface area contributed by atoms with Gasteiger partial charge < -0.3 is 10.4 Å². The predicted molar refractivity (Wildman–Crippen MR) is 97.4 cm³/mol. The zero-order valence-corrected chi connectivity index (χ0v) is 15.2. The number of Topliss-reactive ketones (excluding diaryl/α,β-unsaturated/α-hetero) is 1. The highest BCUT2D eigenvalue weighted by molar-refractivity contribution is 9.10. The Morgan fingerprint density at radius 2 is 1.96 bits per heavy atom. The SMILES string of the molecule is CCCCN=C1C=C(NCCCC)C(=O)c2ccc(Br)c(O)c21. The average molecular weight is 379 g/mol. The Kier molecular flexibility index (Phi) is 6.39. The Morgan fingerprint density at radius 1 is 1.22 bits per heavy atom. The van der Waals surface area contributed by atoms with Crippen LogP contribution in [0.1, 0.15) is 55.5 Å². The van der Waals surface area contributed by atoms with Gasteiger partial charge in [0, 0.05) is 18.7 Å². The van der Waals surface area contributed by atoms with Crippen LogP contribution in [0.25, 0.3) is 0 Å². The highest BCUT2D eigenvalue weighted by atomic mass is 79.9. The van der Waals surface area contributed by atoms with Crippen molar-refractivity contribution in [1.29, 1.82) is 0 Å². The maximum atomic E-state index is 12.6. The molecule has 0 heterocycles. The van der Waals surface area contributed by atoms with E-state index in [0.29, 0.717) is 33.6 Å². The number of allylic oxidation sites excluding steroid dienone is 2. The highest BCUT2D eigenvalue weighted by Gasteiger charge is 2.27. The Hall–Kier alpha value is -1.62. The van der Waals surface area contributed by atoms with Crippen LogP contribution in [0, 0.1) is 0 Å². The summed E-state index contributed by atoms with van der Waals surface area (Å²) in [6.45, 7) is 5.67. The molecule has 0 saturated carbocycles.